The number of hydrogen-bond acceptors (Lipinski definition) is 2. The minimum absolute atomic E-state index is 0.150. The zero-order valence-corrected chi connectivity index (χ0v) is 14.9. The summed E-state index contributed by atoms with van der Waals surface area (Å²) in [7, 11) is 3.68. The first kappa shape index (κ1) is 16.8. The van der Waals surface area contributed by atoms with Crippen LogP contribution in [0, 0.1) is 0 Å². The van der Waals surface area contributed by atoms with E-state index in [4.69, 9.17) is 0 Å². The number of allylic oxidation sites excluding steroid dienone is 2. The summed E-state index contributed by atoms with van der Waals surface area (Å²) in [4.78, 5) is 14.3. The summed E-state index contributed by atoms with van der Waals surface area (Å²) in [6.07, 6.45) is 3.32. The largest absolute Gasteiger partial charge is 0.373 e. The third-order valence-corrected chi connectivity index (χ3v) is 4.34. The van der Waals surface area contributed by atoms with E-state index in [2.05, 4.69) is 47.7 Å². The molecule has 3 aromatic rings. The maximum absolute atomic E-state index is 12.5. The molecule has 0 spiro atoms. The Morgan fingerprint density at radius 2 is 1.88 bits per heavy atom. The van der Waals surface area contributed by atoms with E-state index in [0.29, 0.717) is 5.70 Å². The second-order valence-corrected chi connectivity index (χ2v) is 6.13. The highest BCUT2D eigenvalue weighted by molar-refractivity contribution is 6.11. The molecule has 0 bridgehead atoms. The summed E-state index contributed by atoms with van der Waals surface area (Å²) in [5, 5.41) is 5.33. The van der Waals surface area contributed by atoms with Crippen molar-refractivity contribution < 1.29 is 4.79 Å². The fourth-order valence-corrected chi connectivity index (χ4v) is 3.21. The molecule has 3 rings (SSSR count). The number of carbonyl (C=O) groups excluding carboxylic acids is 1. The van der Waals surface area contributed by atoms with E-state index in [9.17, 15) is 4.79 Å². The number of carbonyl (C=O) groups is 1. The van der Waals surface area contributed by atoms with Gasteiger partial charge in [-0.3, -0.25) is 4.79 Å². The van der Waals surface area contributed by atoms with Gasteiger partial charge in [-0.25, -0.2) is 0 Å². The van der Waals surface area contributed by atoms with Gasteiger partial charge in [0.1, 0.15) is 5.70 Å². The Hall–Kier alpha value is -3.01. The van der Waals surface area contributed by atoms with Gasteiger partial charge in [0.2, 0.25) is 0 Å². The number of benzene rings is 2. The molecule has 1 amide bonds. The highest BCUT2D eigenvalue weighted by atomic mass is 16.2. The van der Waals surface area contributed by atoms with E-state index in [-0.39, 0.29) is 5.91 Å². The number of aromatic nitrogens is 1. The smallest absolute Gasteiger partial charge is 0.271 e. The average Bonchev–Trinajstić information content (AvgIpc) is 2.92. The van der Waals surface area contributed by atoms with E-state index < -0.39 is 0 Å². The van der Waals surface area contributed by atoms with Gasteiger partial charge in [0, 0.05) is 48.1 Å². The van der Waals surface area contributed by atoms with Gasteiger partial charge in [0.25, 0.3) is 5.91 Å². The van der Waals surface area contributed by atoms with E-state index in [0.717, 1.165) is 17.6 Å². The molecule has 0 saturated heterocycles. The third kappa shape index (κ3) is 3.03. The molecule has 4 nitrogen and oxygen atoms in total. The molecule has 0 radical (unpaired) electrons. The first-order valence-electron chi connectivity index (χ1n) is 8.39. The predicted molar refractivity (Wildman–Crippen MR) is 106 cm³/mol. The SMILES string of the molecule is C=C/C=C(/C(=O)Nc1ccc2c(c1)c1ccccc1n2CC)N(C)C. The molecule has 0 unspecified atom stereocenters. The van der Waals surface area contributed by atoms with E-state index in [1.165, 1.54) is 16.4 Å². The van der Waals surface area contributed by atoms with Crippen molar-refractivity contribution in [2.75, 3.05) is 19.4 Å². The monoisotopic (exact) mass is 333 g/mol. The Balaban J connectivity index is 2.05. The van der Waals surface area contributed by atoms with Crippen LogP contribution in [0.15, 0.2) is 66.9 Å². The van der Waals surface area contributed by atoms with Crippen molar-refractivity contribution in [3.63, 3.8) is 0 Å². The van der Waals surface area contributed by atoms with Crippen LogP contribution >= 0.6 is 0 Å². The Labute approximate surface area is 148 Å². The average molecular weight is 333 g/mol. The second-order valence-electron chi connectivity index (χ2n) is 6.13. The van der Waals surface area contributed by atoms with Crippen LogP contribution in [0.1, 0.15) is 6.92 Å². The topological polar surface area (TPSA) is 37.3 Å². The fraction of sp³-hybridized carbons (Fsp3) is 0.190. The minimum atomic E-state index is -0.150. The van der Waals surface area contributed by atoms with Crippen LogP contribution in [0.5, 0.6) is 0 Å². The Morgan fingerprint density at radius 1 is 1.16 bits per heavy atom. The highest BCUT2D eigenvalue weighted by Crippen LogP contribution is 2.31. The van der Waals surface area contributed by atoms with Crippen LogP contribution in [-0.2, 0) is 11.3 Å². The number of para-hydroxylation sites is 1. The molecule has 0 fully saturated rings. The van der Waals surface area contributed by atoms with Crippen molar-refractivity contribution in [2.24, 2.45) is 0 Å². The second kappa shape index (κ2) is 6.85. The number of nitrogens with zero attached hydrogens (tertiary/aromatic N) is 2. The summed E-state index contributed by atoms with van der Waals surface area (Å²) in [6.45, 7) is 6.72. The summed E-state index contributed by atoms with van der Waals surface area (Å²) in [5.74, 6) is -0.150. The number of rotatable bonds is 5. The van der Waals surface area contributed by atoms with Crippen LogP contribution in [0.2, 0.25) is 0 Å². The zero-order chi connectivity index (χ0) is 18.0. The molecule has 0 aliphatic carbocycles. The number of hydrogen-bond donors (Lipinski definition) is 1. The molecule has 4 heteroatoms. The maximum atomic E-state index is 12.5. The minimum Gasteiger partial charge on any atom is -0.373 e. The normalized spacial score (nSPS) is 11.7. The summed E-state index contributed by atoms with van der Waals surface area (Å²) >= 11 is 0. The molecule has 128 valence electrons. The zero-order valence-electron chi connectivity index (χ0n) is 14.9. The van der Waals surface area contributed by atoms with Gasteiger partial charge < -0.3 is 14.8 Å². The van der Waals surface area contributed by atoms with E-state index in [1.54, 1.807) is 17.1 Å². The molecular formula is C21H23N3O. The molecule has 0 atom stereocenters. The number of nitrogens with one attached hydrogen (secondary N) is 1. The summed E-state index contributed by atoms with van der Waals surface area (Å²) < 4.78 is 2.29. The Kier molecular flexibility index (Phi) is 4.61. The molecule has 25 heavy (non-hydrogen) atoms. The van der Waals surface area contributed by atoms with Crippen molar-refractivity contribution in [3.8, 4) is 0 Å². The lowest BCUT2D eigenvalue weighted by Crippen LogP contribution is -2.24. The van der Waals surface area contributed by atoms with Gasteiger partial charge in [-0.2, -0.15) is 0 Å². The fourth-order valence-electron chi connectivity index (χ4n) is 3.21. The standard InChI is InChI=1S/C21H23N3O/c1-5-9-20(23(3)4)21(25)22-15-12-13-19-17(14-15)16-10-7-8-11-18(16)24(19)6-2/h5,7-14H,1,6H2,2-4H3,(H,22,25)/b20-9-. The van der Waals surface area contributed by atoms with Crippen LogP contribution in [0.25, 0.3) is 21.8 Å². The molecule has 0 saturated carbocycles. The number of fused-ring (bicyclic) bond motifs is 3. The number of anilines is 1. The maximum Gasteiger partial charge on any atom is 0.271 e. The van der Waals surface area contributed by atoms with Gasteiger partial charge in [0.05, 0.1) is 0 Å². The van der Waals surface area contributed by atoms with Crippen molar-refractivity contribution in [1.29, 1.82) is 0 Å². The van der Waals surface area contributed by atoms with Gasteiger partial charge >= 0.3 is 0 Å². The van der Waals surface area contributed by atoms with E-state index >= 15 is 0 Å². The van der Waals surface area contributed by atoms with E-state index in [1.807, 2.05) is 32.3 Å². The third-order valence-electron chi connectivity index (χ3n) is 4.34. The molecule has 0 aliphatic heterocycles. The van der Waals surface area contributed by atoms with Crippen LogP contribution in [0.4, 0.5) is 5.69 Å². The lowest BCUT2D eigenvalue weighted by atomic mass is 10.1. The summed E-state index contributed by atoms with van der Waals surface area (Å²) in [6, 6.07) is 14.4. The predicted octanol–water partition coefficient (Wildman–Crippen LogP) is 4.38. The quantitative estimate of drug-likeness (QED) is 0.555. The summed E-state index contributed by atoms with van der Waals surface area (Å²) in [5.41, 5.74) is 3.74. The van der Waals surface area contributed by atoms with Gasteiger partial charge in [-0.15, -0.1) is 0 Å². The Bertz CT molecular complexity index is 979. The van der Waals surface area contributed by atoms with Gasteiger partial charge in [0.15, 0.2) is 0 Å². The van der Waals surface area contributed by atoms with Crippen molar-refractivity contribution in [1.82, 2.24) is 9.47 Å². The number of aryl methyl sites for hydroxylation is 1. The number of likely N-dealkylation sites (N-methyl/N-ethyl adjacent to an activating group) is 1. The Morgan fingerprint density at radius 3 is 2.56 bits per heavy atom. The molecule has 0 aliphatic rings. The first-order valence-corrected chi connectivity index (χ1v) is 8.39. The molecule has 1 N–H and O–H groups in total. The van der Waals surface area contributed by atoms with Gasteiger partial charge in [-0.05, 0) is 37.3 Å². The number of amides is 1. The van der Waals surface area contributed by atoms with Crippen LogP contribution in [-0.4, -0.2) is 29.5 Å². The van der Waals surface area contributed by atoms with Crippen molar-refractivity contribution >= 4 is 33.4 Å². The molecular weight excluding hydrogens is 310 g/mol. The molecule has 1 aromatic heterocycles. The molecule has 1 heterocycles. The lowest BCUT2D eigenvalue weighted by molar-refractivity contribution is -0.114. The van der Waals surface area contributed by atoms with Gasteiger partial charge in [-0.1, -0.05) is 30.9 Å². The first-order chi connectivity index (χ1) is 12.1. The molecule has 2 aromatic carbocycles. The van der Waals surface area contributed by atoms with Crippen LogP contribution in [0.3, 0.4) is 0 Å². The van der Waals surface area contributed by atoms with Crippen LogP contribution < -0.4 is 5.32 Å². The lowest BCUT2D eigenvalue weighted by Gasteiger charge is -2.16. The highest BCUT2D eigenvalue weighted by Gasteiger charge is 2.13. The van der Waals surface area contributed by atoms with Crippen molar-refractivity contribution in [2.45, 2.75) is 13.5 Å². The van der Waals surface area contributed by atoms with Crippen molar-refractivity contribution in [3.05, 3.63) is 66.9 Å².